The maximum absolute atomic E-state index is 6.52. The molecule has 0 spiro atoms. The van der Waals surface area contributed by atoms with Gasteiger partial charge in [0, 0.05) is 60.3 Å². The number of hydrogen-bond acceptors (Lipinski definition) is 7. The average molecular weight is 561 g/mol. The van der Waals surface area contributed by atoms with Crippen molar-refractivity contribution in [3.8, 4) is 17.0 Å². The second-order valence-electron chi connectivity index (χ2n) is 10.4. The van der Waals surface area contributed by atoms with E-state index in [0.717, 1.165) is 53.2 Å². The number of nitrogens with one attached hydrogen (secondary N) is 1. The van der Waals surface area contributed by atoms with Gasteiger partial charge in [0.1, 0.15) is 17.3 Å². The van der Waals surface area contributed by atoms with Crippen LogP contribution in [-0.4, -0.2) is 52.3 Å². The third-order valence-electron chi connectivity index (χ3n) is 6.28. The predicted molar refractivity (Wildman–Crippen MR) is 150 cm³/mol. The van der Waals surface area contributed by atoms with E-state index in [9.17, 15) is 0 Å². The molecule has 0 aliphatic carbocycles. The molecule has 4 aromatic rings. The van der Waals surface area contributed by atoms with Crippen molar-refractivity contribution in [2.24, 2.45) is 11.1 Å². The SMILES string of the molecule is CN(C)Cc1cc(-c2n[nH]c3cc(Cl)c(O[C@H](N)c4c(Cl)cncc4Cl)cc23)cnc1N1CC(C)(C)C1. The molecule has 0 unspecified atom stereocenters. The average Bonchev–Trinajstić information content (AvgIpc) is 3.19. The number of H-pyrrole nitrogens is 1. The number of anilines is 1. The van der Waals surface area contributed by atoms with Gasteiger partial charge in [0.05, 0.1) is 20.6 Å². The van der Waals surface area contributed by atoms with E-state index >= 15 is 0 Å². The van der Waals surface area contributed by atoms with E-state index in [-0.39, 0.29) is 0 Å². The summed E-state index contributed by atoms with van der Waals surface area (Å²) in [7, 11) is 4.10. The largest absolute Gasteiger partial charge is 0.470 e. The van der Waals surface area contributed by atoms with Crippen molar-refractivity contribution >= 4 is 51.5 Å². The smallest absolute Gasteiger partial charge is 0.177 e. The lowest BCUT2D eigenvalue weighted by Gasteiger charge is -2.47. The number of benzene rings is 1. The van der Waals surface area contributed by atoms with Crippen LogP contribution >= 0.6 is 34.8 Å². The summed E-state index contributed by atoms with van der Waals surface area (Å²) >= 11 is 19.0. The fourth-order valence-electron chi connectivity index (χ4n) is 4.73. The Balaban J connectivity index is 1.51. The Kier molecular flexibility index (Phi) is 6.98. The van der Waals surface area contributed by atoms with Gasteiger partial charge in [0.15, 0.2) is 6.23 Å². The zero-order valence-electron chi connectivity index (χ0n) is 21.0. The molecule has 37 heavy (non-hydrogen) atoms. The van der Waals surface area contributed by atoms with Crippen LogP contribution in [0.1, 0.15) is 31.2 Å². The normalized spacial score (nSPS) is 15.8. The van der Waals surface area contributed by atoms with E-state index in [1.165, 1.54) is 12.4 Å². The van der Waals surface area contributed by atoms with Crippen molar-refractivity contribution < 1.29 is 4.74 Å². The van der Waals surface area contributed by atoms with Crippen molar-refractivity contribution in [3.05, 3.63) is 63.0 Å². The Bertz CT molecular complexity index is 1440. The van der Waals surface area contributed by atoms with Crippen LogP contribution < -0.4 is 15.4 Å². The molecule has 8 nitrogen and oxygen atoms in total. The van der Waals surface area contributed by atoms with Gasteiger partial charge in [-0.3, -0.25) is 15.8 Å². The summed E-state index contributed by atoms with van der Waals surface area (Å²) in [5.41, 5.74) is 10.6. The number of nitrogens with zero attached hydrogens (tertiary/aromatic N) is 5. The van der Waals surface area contributed by atoms with E-state index in [2.05, 4.69) is 59.0 Å². The van der Waals surface area contributed by atoms with Crippen molar-refractivity contribution in [2.75, 3.05) is 32.1 Å². The van der Waals surface area contributed by atoms with Gasteiger partial charge in [-0.1, -0.05) is 48.7 Å². The van der Waals surface area contributed by atoms with Gasteiger partial charge in [-0.15, -0.1) is 0 Å². The van der Waals surface area contributed by atoms with Crippen LogP contribution in [0.25, 0.3) is 22.2 Å². The van der Waals surface area contributed by atoms with Gasteiger partial charge in [-0.2, -0.15) is 5.10 Å². The van der Waals surface area contributed by atoms with Crippen LogP contribution in [0, 0.1) is 5.41 Å². The molecule has 5 rings (SSSR count). The molecule has 1 fully saturated rings. The minimum absolute atomic E-state index is 0.301. The summed E-state index contributed by atoms with van der Waals surface area (Å²) in [6.45, 7) is 7.27. The van der Waals surface area contributed by atoms with Crippen LogP contribution in [0.5, 0.6) is 5.75 Å². The van der Waals surface area contributed by atoms with Gasteiger partial charge >= 0.3 is 0 Å². The number of fused-ring (bicyclic) bond motifs is 1. The number of ether oxygens (including phenoxy) is 1. The number of hydrogen-bond donors (Lipinski definition) is 2. The van der Waals surface area contributed by atoms with E-state index in [1.54, 1.807) is 6.07 Å². The molecule has 194 valence electrons. The number of nitrogens with two attached hydrogens (primary N) is 1. The first kappa shape index (κ1) is 26.0. The van der Waals surface area contributed by atoms with Gasteiger partial charge in [0.2, 0.25) is 0 Å². The number of pyridine rings is 2. The second kappa shape index (κ2) is 9.93. The Labute approximate surface area is 230 Å². The van der Waals surface area contributed by atoms with E-state index in [1.807, 2.05) is 12.3 Å². The molecule has 1 aliphatic rings. The summed E-state index contributed by atoms with van der Waals surface area (Å²) in [6.07, 6.45) is 3.86. The minimum atomic E-state index is -0.943. The highest BCUT2D eigenvalue weighted by atomic mass is 35.5. The third kappa shape index (κ3) is 5.22. The zero-order valence-corrected chi connectivity index (χ0v) is 23.3. The highest BCUT2D eigenvalue weighted by Crippen LogP contribution is 2.39. The zero-order chi connectivity index (χ0) is 26.5. The maximum Gasteiger partial charge on any atom is 0.177 e. The molecule has 11 heteroatoms. The molecular formula is C26H28Cl3N7O. The number of rotatable bonds is 7. The van der Waals surface area contributed by atoms with Crippen molar-refractivity contribution in [1.82, 2.24) is 25.1 Å². The maximum atomic E-state index is 6.52. The first-order valence-corrected chi connectivity index (χ1v) is 12.9. The monoisotopic (exact) mass is 559 g/mol. The first-order chi connectivity index (χ1) is 17.5. The van der Waals surface area contributed by atoms with Crippen molar-refractivity contribution in [1.29, 1.82) is 0 Å². The van der Waals surface area contributed by atoms with Gasteiger partial charge in [-0.05, 0) is 37.7 Å². The van der Waals surface area contributed by atoms with Crippen molar-refractivity contribution in [3.63, 3.8) is 0 Å². The van der Waals surface area contributed by atoms with Crippen LogP contribution in [0.4, 0.5) is 5.82 Å². The molecule has 4 heterocycles. The van der Waals surface area contributed by atoms with Gasteiger partial charge < -0.3 is 14.5 Å². The molecule has 1 saturated heterocycles. The summed E-state index contributed by atoms with van der Waals surface area (Å²) < 4.78 is 6.01. The fraction of sp³-hybridized carbons (Fsp3) is 0.346. The third-order valence-corrected chi connectivity index (χ3v) is 7.18. The highest BCUT2D eigenvalue weighted by Gasteiger charge is 2.36. The van der Waals surface area contributed by atoms with Crippen LogP contribution in [-0.2, 0) is 6.54 Å². The van der Waals surface area contributed by atoms with Gasteiger partial charge in [0.25, 0.3) is 0 Å². The lowest BCUT2D eigenvalue weighted by molar-refractivity contribution is 0.214. The molecule has 1 atom stereocenters. The molecule has 3 N–H and O–H groups in total. The lowest BCUT2D eigenvalue weighted by Crippen LogP contribution is -2.53. The second-order valence-corrected chi connectivity index (χ2v) is 11.6. The molecule has 1 aromatic carbocycles. The van der Waals surface area contributed by atoms with Gasteiger partial charge in [-0.25, -0.2) is 4.98 Å². The van der Waals surface area contributed by atoms with Crippen molar-refractivity contribution in [2.45, 2.75) is 26.6 Å². The molecule has 0 bridgehead atoms. The molecular weight excluding hydrogens is 533 g/mol. The number of aromatic amines is 1. The summed E-state index contributed by atoms with van der Waals surface area (Å²) in [5, 5.41) is 9.47. The van der Waals surface area contributed by atoms with E-state index in [0.29, 0.717) is 31.8 Å². The topological polar surface area (TPSA) is 96.2 Å². The molecule has 0 saturated carbocycles. The van der Waals surface area contributed by atoms with E-state index < -0.39 is 6.23 Å². The Hall–Kier alpha value is -2.62. The summed E-state index contributed by atoms with van der Waals surface area (Å²) in [4.78, 5) is 13.3. The van der Waals surface area contributed by atoms with Crippen LogP contribution in [0.15, 0.2) is 36.8 Å². The first-order valence-electron chi connectivity index (χ1n) is 11.8. The molecule has 0 amide bonds. The van der Waals surface area contributed by atoms with E-state index in [4.69, 9.17) is 50.3 Å². The standard InChI is InChI=1S/C26H28Cl3N7O/c1-26(2)12-36(13-26)25-15(11-35(3)4)5-14(8-32-25)23-16-6-21(17(27)7-20(16)33-34-23)37-24(30)22-18(28)9-31-10-19(22)29/h5-10,24H,11-13,30H2,1-4H3,(H,33,34)/t24-/m0/s1. The summed E-state index contributed by atoms with van der Waals surface area (Å²) in [5.74, 6) is 1.40. The number of aromatic nitrogens is 4. The Morgan fingerprint density at radius 3 is 2.43 bits per heavy atom. The summed E-state index contributed by atoms with van der Waals surface area (Å²) in [6, 6.07) is 5.73. The molecule has 1 aliphatic heterocycles. The predicted octanol–water partition coefficient (Wildman–Crippen LogP) is 5.92. The van der Waals surface area contributed by atoms with Crippen LogP contribution in [0.2, 0.25) is 15.1 Å². The Morgan fingerprint density at radius 2 is 1.78 bits per heavy atom. The molecule has 3 aromatic heterocycles. The number of halogens is 3. The molecule has 0 radical (unpaired) electrons. The fourth-order valence-corrected chi connectivity index (χ4v) is 5.52. The quantitative estimate of drug-likeness (QED) is 0.271. The highest BCUT2D eigenvalue weighted by molar-refractivity contribution is 6.36. The Morgan fingerprint density at radius 1 is 1.08 bits per heavy atom. The van der Waals surface area contributed by atoms with Crippen LogP contribution in [0.3, 0.4) is 0 Å². The minimum Gasteiger partial charge on any atom is -0.470 e. The lowest BCUT2D eigenvalue weighted by atomic mass is 9.84.